The first-order chi connectivity index (χ1) is 17.9. The number of pyridine rings is 2. The standard InChI is InChI=1S/C26H29FN6O3S/c1-3-32-13-11-19(12-14-32)37(34,35)25-10-7-18(15-29-25)20-8-9-24(33-17-30-31-26(20)33)28-16-21-22(27)5-4-6-23(21)36-2/h4-10,15,17,19,28H,3,11-14,16H2,1-2H3. The van der Waals surface area contributed by atoms with Crippen LogP contribution in [0.1, 0.15) is 25.3 Å². The summed E-state index contributed by atoms with van der Waals surface area (Å²) in [5.41, 5.74) is 2.45. The molecule has 4 heterocycles. The molecule has 0 bridgehead atoms. The van der Waals surface area contributed by atoms with Crippen LogP contribution in [0, 0.1) is 5.82 Å². The van der Waals surface area contributed by atoms with Crippen LogP contribution in [0.15, 0.2) is 60.0 Å². The van der Waals surface area contributed by atoms with E-state index in [9.17, 15) is 12.8 Å². The molecule has 37 heavy (non-hydrogen) atoms. The van der Waals surface area contributed by atoms with E-state index in [2.05, 4.69) is 32.3 Å². The number of benzene rings is 1. The monoisotopic (exact) mass is 524 g/mol. The molecule has 0 atom stereocenters. The number of hydrogen-bond donors (Lipinski definition) is 1. The molecule has 1 aliphatic heterocycles. The molecule has 0 saturated carbocycles. The van der Waals surface area contributed by atoms with E-state index in [1.807, 2.05) is 12.1 Å². The van der Waals surface area contributed by atoms with Gasteiger partial charge in [-0.3, -0.25) is 4.40 Å². The summed E-state index contributed by atoms with van der Waals surface area (Å²) in [4.78, 5) is 6.59. The van der Waals surface area contributed by atoms with Crippen LogP contribution in [0.3, 0.4) is 0 Å². The molecule has 1 N–H and O–H groups in total. The number of anilines is 1. The van der Waals surface area contributed by atoms with Crippen molar-refractivity contribution >= 4 is 21.3 Å². The predicted molar refractivity (Wildman–Crippen MR) is 139 cm³/mol. The van der Waals surface area contributed by atoms with Crippen LogP contribution in [-0.2, 0) is 16.4 Å². The SMILES string of the molecule is CCN1CCC(S(=O)(=O)c2ccc(-c3ccc(NCc4c(F)cccc4OC)n4cnnc34)cn2)CC1. The van der Waals surface area contributed by atoms with E-state index in [1.54, 1.807) is 41.2 Å². The molecule has 4 aromatic rings. The van der Waals surface area contributed by atoms with E-state index in [0.29, 0.717) is 35.6 Å². The Labute approximate surface area is 215 Å². The van der Waals surface area contributed by atoms with Gasteiger partial charge in [-0.15, -0.1) is 10.2 Å². The number of rotatable bonds is 8. The largest absolute Gasteiger partial charge is 0.496 e. The Morgan fingerprint density at radius 1 is 1.14 bits per heavy atom. The number of nitrogens with zero attached hydrogens (tertiary/aromatic N) is 5. The van der Waals surface area contributed by atoms with Crippen molar-refractivity contribution < 1.29 is 17.5 Å². The summed E-state index contributed by atoms with van der Waals surface area (Å²) in [5.74, 6) is 0.765. The number of halogens is 1. The smallest absolute Gasteiger partial charge is 0.198 e. The van der Waals surface area contributed by atoms with E-state index >= 15 is 0 Å². The van der Waals surface area contributed by atoms with Crippen LogP contribution in [0.25, 0.3) is 16.8 Å². The lowest BCUT2D eigenvalue weighted by molar-refractivity contribution is 0.241. The van der Waals surface area contributed by atoms with Gasteiger partial charge in [-0.1, -0.05) is 13.0 Å². The molecule has 194 valence electrons. The summed E-state index contributed by atoms with van der Waals surface area (Å²) in [6.45, 7) is 4.79. The molecule has 1 aliphatic rings. The number of fused-ring (bicyclic) bond motifs is 1. The van der Waals surface area contributed by atoms with Crippen LogP contribution in [0.2, 0.25) is 0 Å². The van der Waals surface area contributed by atoms with E-state index < -0.39 is 15.1 Å². The molecule has 1 aromatic carbocycles. The fourth-order valence-corrected chi connectivity index (χ4v) is 6.41. The highest BCUT2D eigenvalue weighted by atomic mass is 32.2. The Kier molecular flexibility index (Phi) is 7.07. The zero-order valence-corrected chi connectivity index (χ0v) is 21.6. The third-order valence-corrected chi connectivity index (χ3v) is 9.13. The van der Waals surface area contributed by atoms with Gasteiger partial charge in [0.1, 0.15) is 23.7 Å². The molecule has 11 heteroatoms. The first-order valence-electron chi connectivity index (χ1n) is 12.2. The first kappa shape index (κ1) is 25.1. The second-order valence-electron chi connectivity index (χ2n) is 8.99. The number of aromatic nitrogens is 4. The van der Waals surface area contributed by atoms with Gasteiger partial charge in [0.15, 0.2) is 20.5 Å². The van der Waals surface area contributed by atoms with Gasteiger partial charge in [0.2, 0.25) is 0 Å². The van der Waals surface area contributed by atoms with Crippen LogP contribution in [0.4, 0.5) is 10.2 Å². The van der Waals surface area contributed by atoms with E-state index in [-0.39, 0.29) is 17.4 Å². The lowest BCUT2D eigenvalue weighted by Gasteiger charge is -2.30. The maximum absolute atomic E-state index is 14.3. The molecule has 0 unspecified atom stereocenters. The number of ether oxygens (including phenoxy) is 1. The van der Waals surface area contributed by atoms with Gasteiger partial charge >= 0.3 is 0 Å². The summed E-state index contributed by atoms with van der Waals surface area (Å²) in [6.07, 6.45) is 4.37. The minimum absolute atomic E-state index is 0.0980. The van der Waals surface area contributed by atoms with Crippen molar-refractivity contribution in [3.63, 3.8) is 0 Å². The minimum atomic E-state index is -3.50. The van der Waals surface area contributed by atoms with Crippen molar-refractivity contribution in [2.24, 2.45) is 0 Å². The van der Waals surface area contributed by atoms with E-state index in [1.165, 1.54) is 13.2 Å². The van der Waals surface area contributed by atoms with Gasteiger partial charge < -0.3 is 15.0 Å². The van der Waals surface area contributed by atoms with Gasteiger partial charge in [0.05, 0.1) is 12.4 Å². The second-order valence-corrected chi connectivity index (χ2v) is 11.2. The minimum Gasteiger partial charge on any atom is -0.496 e. The van der Waals surface area contributed by atoms with Crippen molar-refractivity contribution in [3.05, 3.63) is 66.4 Å². The van der Waals surface area contributed by atoms with E-state index in [0.717, 1.165) is 30.8 Å². The average Bonchev–Trinajstić information content (AvgIpc) is 3.43. The van der Waals surface area contributed by atoms with Gasteiger partial charge in [0, 0.05) is 29.4 Å². The number of piperidine rings is 1. The maximum Gasteiger partial charge on any atom is 0.198 e. The van der Waals surface area contributed by atoms with E-state index in [4.69, 9.17) is 4.74 Å². The first-order valence-corrected chi connectivity index (χ1v) is 13.8. The Balaban J connectivity index is 1.37. The van der Waals surface area contributed by atoms with Gasteiger partial charge in [0.25, 0.3) is 0 Å². The molecule has 0 radical (unpaired) electrons. The summed E-state index contributed by atoms with van der Waals surface area (Å²) < 4.78 is 47.7. The molecule has 9 nitrogen and oxygen atoms in total. The Morgan fingerprint density at radius 2 is 1.95 bits per heavy atom. The summed E-state index contributed by atoms with van der Waals surface area (Å²) >= 11 is 0. The normalized spacial score (nSPS) is 15.2. The Morgan fingerprint density at radius 3 is 2.65 bits per heavy atom. The lowest BCUT2D eigenvalue weighted by atomic mass is 10.1. The van der Waals surface area contributed by atoms with Crippen molar-refractivity contribution in [2.75, 3.05) is 32.1 Å². The molecule has 1 fully saturated rings. The molecule has 1 saturated heterocycles. The summed E-state index contributed by atoms with van der Waals surface area (Å²) in [5, 5.41) is 11.2. The number of hydrogen-bond acceptors (Lipinski definition) is 8. The molecule has 5 rings (SSSR count). The van der Waals surface area contributed by atoms with Crippen LogP contribution < -0.4 is 10.1 Å². The molecule has 0 amide bonds. The number of methoxy groups -OCH3 is 1. The fraction of sp³-hybridized carbons (Fsp3) is 0.346. The molecule has 3 aromatic heterocycles. The highest BCUT2D eigenvalue weighted by Gasteiger charge is 2.32. The average molecular weight is 525 g/mol. The maximum atomic E-state index is 14.3. The highest BCUT2D eigenvalue weighted by molar-refractivity contribution is 7.92. The zero-order chi connectivity index (χ0) is 26.0. The zero-order valence-electron chi connectivity index (χ0n) is 20.8. The highest BCUT2D eigenvalue weighted by Crippen LogP contribution is 2.29. The van der Waals surface area contributed by atoms with Gasteiger partial charge in [-0.25, -0.2) is 17.8 Å². The third-order valence-electron chi connectivity index (χ3n) is 6.96. The predicted octanol–water partition coefficient (Wildman–Crippen LogP) is 3.81. The van der Waals surface area contributed by atoms with Gasteiger partial charge in [-0.05, 0) is 68.9 Å². The van der Waals surface area contributed by atoms with Crippen molar-refractivity contribution in [1.29, 1.82) is 0 Å². The molecule has 0 aliphatic carbocycles. The van der Waals surface area contributed by atoms with Crippen LogP contribution in [-0.4, -0.2) is 64.9 Å². The van der Waals surface area contributed by atoms with Crippen molar-refractivity contribution in [2.45, 2.75) is 36.6 Å². The quantitative estimate of drug-likeness (QED) is 0.371. The number of nitrogens with one attached hydrogen (secondary N) is 1. The topological polar surface area (TPSA) is 102 Å². The fourth-order valence-electron chi connectivity index (χ4n) is 4.78. The van der Waals surface area contributed by atoms with Crippen LogP contribution >= 0.6 is 0 Å². The number of likely N-dealkylation sites (tertiary alicyclic amines) is 1. The summed E-state index contributed by atoms with van der Waals surface area (Å²) in [7, 11) is -1.99. The second kappa shape index (κ2) is 10.4. The molecular formula is C26H29FN6O3S. The Bertz CT molecular complexity index is 1500. The summed E-state index contributed by atoms with van der Waals surface area (Å²) in [6, 6.07) is 11.7. The van der Waals surface area contributed by atoms with Gasteiger partial charge in [-0.2, -0.15) is 0 Å². The number of sulfone groups is 1. The Hall–Kier alpha value is -3.57. The molecular weight excluding hydrogens is 495 g/mol. The lowest BCUT2D eigenvalue weighted by Crippen LogP contribution is -2.39. The van der Waals surface area contributed by atoms with Crippen LogP contribution in [0.5, 0.6) is 5.75 Å². The molecule has 0 spiro atoms. The van der Waals surface area contributed by atoms with Crippen molar-refractivity contribution in [3.8, 4) is 16.9 Å². The third kappa shape index (κ3) is 4.88. The van der Waals surface area contributed by atoms with Crippen molar-refractivity contribution in [1.82, 2.24) is 24.5 Å².